The van der Waals surface area contributed by atoms with Crippen molar-refractivity contribution < 1.29 is 9.90 Å². The summed E-state index contributed by atoms with van der Waals surface area (Å²) in [6, 6.07) is 0. The van der Waals surface area contributed by atoms with Crippen LogP contribution in [0.3, 0.4) is 0 Å². The molecule has 0 amide bonds. The number of carboxylic acids is 1. The van der Waals surface area contributed by atoms with E-state index in [1.807, 2.05) is 0 Å². The van der Waals surface area contributed by atoms with Crippen molar-refractivity contribution in [2.24, 2.45) is 11.8 Å². The third kappa shape index (κ3) is 6.93. The number of hydrogen-bond donors (Lipinski definition) is 1. The van der Waals surface area contributed by atoms with Crippen molar-refractivity contribution in [2.45, 2.75) is 59.3 Å². The minimum atomic E-state index is -0.660. The van der Waals surface area contributed by atoms with Gasteiger partial charge in [0.05, 0.1) is 5.92 Å². The fraction of sp³-hybridized carbons (Fsp3) is 0.917. The van der Waals surface area contributed by atoms with Gasteiger partial charge in [0.1, 0.15) is 0 Å². The van der Waals surface area contributed by atoms with Gasteiger partial charge < -0.3 is 5.11 Å². The predicted octanol–water partition coefficient (Wildman–Crippen LogP) is 3.70. The van der Waals surface area contributed by atoms with Crippen LogP contribution in [0.15, 0.2) is 0 Å². The molecule has 0 aliphatic heterocycles. The largest absolute Gasteiger partial charge is 0.481 e. The zero-order chi connectivity index (χ0) is 11.0. The van der Waals surface area contributed by atoms with Crippen LogP contribution in [0.1, 0.15) is 59.3 Å². The first-order valence-electron chi connectivity index (χ1n) is 5.80. The second-order valence-electron chi connectivity index (χ2n) is 4.39. The van der Waals surface area contributed by atoms with Crippen LogP contribution in [-0.4, -0.2) is 11.1 Å². The standard InChI is InChI=1S/C12H24O2/c1-4-10(2)8-6-5-7-9-11(3)12(13)14/h10-11H,4-9H2,1-3H3,(H,13,14). The molecule has 0 spiro atoms. The quantitative estimate of drug-likeness (QED) is 0.606. The molecule has 0 saturated carbocycles. The Hall–Kier alpha value is -0.530. The van der Waals surface area contributed by atoms with Gasteiger partial charge in [0.2, 0.25) is 0 Å². The van der Waals surface area contributed by atoms with Crippen LogP contribution in [0, 0.1) is 11.8 Å². The summed E-state index contributed by atoms with van der Waals surface area (Å²) in [7, 11) is 0. The topological polar surface area (TPSA) is 37.3 Å². The molecule has 1 N–H and O–H groups in total. The third-order valence-electron chi connectivity index (χ3n) is 2.95. The zero-order valence-electron chi connectivity index (χ0n) is 9.75. The molecule has 2 atom stereocenters. The van der Waals surface area contributed by atoms with E-state index in [2.05, 4.69) is 13.8 Å². The summed E-state index contributed by atoms with van der Waals surface area (Å²) in [5.41, 5.74) is 0. The Kier molecular flexibility index (Phi) is 7.54. The van der Waals surface area contributed by atoms with Gasteiger partial charge >= 0.3 is 5.97 Å². The van der Waals surface area contributed by atoms with E-state index in [1.54, 1.807) is 6.92 Å². The highest BCUT2D eigenvalue weighted by atomic mass is 16.4. The van der Waals surface area contributed by atoms with Gasteiger partial charge in [0.25, 0.3) is 0 Å². The lowest BCUT2D eigenvalue weighted by molar-refractivity contribution is -0.141. The molecule has 0 bridgehead atoms. The van der Waals surface area contributed by atoms with Crippen molar-refractivity contribution in [1.29, 1.82) is 0 Å². The Labute approximate surface area is 87.7 Å². The molecular formula is C12H24O2. The van der Waals surface area contributed by atoms with Gasteiger partial charge in [-0.05, 0) is 12.3 Å². The minimum Gasteiger partial charge on any atom is -0.481 e. The second-order valence-corrected chi connectivity index (χ2v) is 4.39. The third-order valence-corrected chi connectivity index (χ3v) is 2.95. The molecule has 0 aliphatic carbocycles. The fourth-order valence-corrected chi connectivity index (χ4v) is 1.45. The lowest BCUT2D eigenvalue weighted by Gasteiger charge is -2.08. The molecule has 0 rings (SSSR count). The van der Waals surface area contributed by atoms with Gasteiger partial charge in [-0.3, -0.25) is 4.79 Å². The second kappa shape index (κ2) is 7.84. The van der Waals surface area contributed by atoms with Crippen molar-refractivity contribution in [1.82, 2.24) is 0 Å². The van der Waals surface area contributed by atoms with Crippen molar-refractivity contribution in [2.75, 3.05) is 0 Å². The highest BCUT2D eigenvalue weighted by Gasteiger charge is 2.09. The number of aliphatic carboxylic acids is 1. The van der Waals surface area contributed by atoms with Crippen LogP contribution in [0.25, 0.3) is 0 Å². The summed E-state index contributed by atoms with van der Waals surface area (Å²) < 4.78 is 0. The number of hydrogen-bond acceptors (Lipinski definition) is 1. The van der Waals surface area contributed by atoms with E-state index in [1.165, 1.54) is 25.7 Å². The molecule has 0 radical (unpaired) electrons. The molecule has 0 fully saturated rings. The van der Waals surface area contributed by atoms with E-state index < -0.39 is 5.97 Å². The first-order chi connectivity index (χ1) is 6.57. The lowest BCUT2D eigenvalue weighted by Crippen LogP contribution is -2.08. The van der Waals surface area contributed by atoms with Crippen molar-refractivity contribution in [3.63, 3.8) is 0 Å². The highest BCUT2D eigenvalue weighted by molar-refractivity contribution is 5.69. The maximum absolute atomic E-state index is 10.5. The highest BCUT2D eigenvalue weighted by Crippen LogP contribution is 2.15. The summed E-state index contributed by atoms with van der Waals surface area (Å²) in [6.07, 6.45) is 6.87. The van der Waals surface area contributed by atoms with Crippen LogP contribution < -0.4 is 0 Å². The van der Waals surface area contributed by atoms with E-state index in [0.717, 1.165) is 18.8 Å². The van der Waals surface area contributed by atoms with Crippen molar-refractivity contribution in [3.8, 4) is 0 Å². The molecule has 2 unspecified atom stereocenters. The van der Waals surface area contributed by atoms with E-state index in [0.29, 0.717) is 0 Å². The van der Waals surface area contributed by atoms with Gasteiger partial charge in [-0.2, -0.15) is 0 Å². The molecule has 84 valence electrons. The molecule has 0 aromatic carbocycles. The predicted molar refractivity (Wildman–Crippen MR) is 59.3 cm³/mol. The summed E-state index contributed by atoms with van der Waals surface area (Å²) in [6.45, 7) is 6.29. The van der Waals surface area contributed by atoms with E-state index in [9.17, 15) is 4.79 Å². The van der Waals surface area contributed by atoms with Crippen LogP contribution >= 0.6 is 0 Å². The first-order valence-corrected chi connectivity index (χ1v) is 5.80. The van der Waals surface area contributed by atoms with Crippen LogP contribution in [0.2, 0.25) is 0 Å². The van der Waals surface area contributed by atoms with E-state index in [-0.39, 0.29) is 5.92 Å². The lowest BCUT2D eigenvalue weighted by atomic mass is 9.98. The first kappa shape index (κ1) is 13.5. The van der Waals surface area contributed by atoms with Gasteiger partial charge in [-0.15, -0.1) is 0 Å². The maximum Gasteiger partial charge on any atom is 0.306 e. The number of rotatable bonds is 8. The molecule has 0 saturated heterocycles. The Balaban J connectivity index is 3.25. The summed E-state index contributed by atoms with van der Waals surface area (Å²) in [5, 5.41) is 8.66. The van der Waals surface area contributed by atoms with Crippen LogP contribution in [-0.2, 0) is 4.79 Å². The van der Waals surface area contributed by atoms with Gasteiger partial charge in [-0.1, -0.05) is 52.9 Å². The SMILES string of the molecule is CCC(C)CCCCCC(C)C(=O)O. The Morgan fingerprint density at radius 3 is 2.21 bits per heavy atom. The van der Waals surface area contributed by atoms with Crippen LogP contribution in [0.5, 0.6) is 0 Å². The molecule has 2 nitrogen and oxygen atoms in total. The van der Waals surface area contributed by atoms with E-state index in [4.69, 9.17) is 5.11 Å². The summed E-state index contributed by atoms with van der Waals surface area (Å²) in [4.78, 5) is 10.5. The molecule has 0 aromatic rings. The zero-order valence-corrected chi connectivity index (χ0v) is 9.75. The minimum absolute atomic E-state index is 0.168. The van der Waals surface area contributed by atoms with Gasteiger partial charge in [0, 0.05) is 0 Å². The van der Waals surface area contributed by atoms with Gasteiger partial charge in [0.15, 0.2) is 0 Å². The maximum atomic E-state index is 10.5. The molecule has 14 heavy (non-hydrogen) atoms. The Bertz CT molecular complexity index is 154. The molecule has 2 heteroatoms. The summed E-state index contributed by atoms with van der Waals surface area (Å²) >= 11 is 0. The average molecular weight is 200 g/mol. The van der Waals surface area contributed by atoms with Crippen LogP contribution in [0.4, 0.5) is 0 Å². The van der Waals surface area contributed by atoms with Crippen molar-refractivity contribution >= 4 is 5.97 Å². The molecule has 0 aliphatic rings. The Morgan fingerprint density at radius 2 is 1.71 bits per heavy atom. The molecular weight excluding hydrogens is 176 g/mol. The molecule has 0 heterocycles. The van der Waals surface area contributed by atoms with Gasteiger partial charge in [-0.25, -0.2) is 0 Å². The smallest absolute Gasteiger partial charge is 0.306 e. The number of unbranched alkanes of at least 4 members (excludes halogenated alkanes) is 2. The number of carbonyl (C=O) groups is 1. The summed E-state index contributed by atoms with van der Waals surface area (Å²) in [5.74, 6) is -0.00239. The fourth-order valence-electron chi connectivity index (χ4n) is 1.45. The Morgan fingerprint density at radius 1 is 1.14 bits per heavy atom. The monoisotopic (exact) mass is 200 g/mol. The van der Waals surface area contributed by atoms with E-state index >= 15 is 0 Å². The van der Waals surface area contributed by atoms with Crippen molar-refractivity contribution in [3.05, 3.63) is 0 Å². The number of carboxylic acid groups (broad SMARTS) is 1. The normalized spacial score (nSPS) is 15.1. The molecule has 0 aromatic heterocycles. The average Bonchev–Trinajstić information content (AvgIpc) is 2.16.